The van der Waals surface area contributed by atoms with Crippen LogP contribution in [0.2, 0.25) is 0 Å². The van der Waals surface area contributed by atoms with Gasteiger partial charge < -0.3 is 10.5 Å². The van der Waals surface area contributed by atoms with Crippen molar-refractivity contribution < 1.29 is 17.9 Å². The van der Waals surface area contributed by atoms with Crippen molar-refractivity contribution in [2.45, 2.75) is 26.3 Å². The molecule has 0 aliphatic rings. The maximum atomic E-state index is 12.5. The zero-order valence-electron chi connectivity index (χ0n) is 11.7. The fourth-order valence-electron chi connectivity index (χ4n) is 2.22. The molecule has 2 rings (SSSR count). The van der Waals surface area contributed by atoms with Gasteiger partial charge in [0.05, 0.1) is 6.04 Å². The largest absolute Gasteiger partial charge is 0.573 e. The molecule has 0 radical (unpaired) electrons. The average molecular weight is 295 g/mol. The smallest absolute Gasteiger partial charge is 0.405 e. The third-order valence-corrected chi connectivity index (χ3v) is 3.25. The molecule has 0 saturated carbocycles. The number of aryl methyl sites for hydroxylation is 2. The first-order valence-electron chi connectivity index (χ1n) is 6.45. The molecule has 1 unspecified atom stereocenters. The van der Waals surface area contributed by atoms with E-state index in [-0.39, 0.29) is 5.75 Å². The van der Waals surface area contributed by atoms with E-state index < -0.39 is 12.4 Å². The van der Waals surface area contributed by atoms with E-state index in [1.165, 1.54) is 12.1 Å². The van der Waals surface area contributed by atoms with Crippen molar-refractivity contribution in [2.24, 2.45) is 5.73 Å². The van der Waals surface area contributed by atoms with E-state index in [2.05, 4.69) is 4.74 Å². The highest BCUT2D eigenvalue weighted by Crippen LogP contribution is 2.33. The molecular formula is C16H16F3NO. The Kier molecular flexibility index (Phi) is 4.23. The average Bonchev–Trinajstić information content (AvgIpc) is 2.39. The Morgan fingerprint density at radius 3 is 2.33 bits per heavy atom. The maximum absolute atomic E-state index is 12.5. The Morgan fingerprint density at radius 2 is 1.67 bits per heavy atom. The van der Waals surface area contributed by atoms with Crippen LogP contribution in [0.1, 0.15) is 28.3 Å². The van der Waals surface area contributed by atoms with E-state index in [1.807, 2.05) is 32.0 Å². The van der Waals surface area contributed by atoms with Gasteiger partial charge in [-0.15, -0.1) is 13.2 Å². The molecule has 0 saturated heterocycles. The zero-order chi connectivity index (χ0) is 15.6. The molecule has 0 heterocycles. The molecule has 21 heavy (non-hydrogen) atoms. The van der Waals surface area contributed by atoms with Crippen molar-refractivity contribution >= 4 is 0 Å². The van der Waals surface area contributed by atoms with Crippen LogP contribution in [0.4, 0.5) is 13.2 Å². The van der Waals surface area contributed by atoms with Crippen LogP contribution >= 0.6 is 0 Å². The molecular weight excluding hydrogens is 279 g/mol. The predicted molar refractivity (Wildman–Crippen MR) is 75.1 cm³/mol. The number of ether oxygens (including phenoxy) is 1. The summed E-state index contributed by atoms with van der Waals surface area (Å²) in [4.78, 5) is 0. The van der Waals surface area contributed by atoms with Gasteiger partial charge in [-0.05, 0) is 31.0 Å². The van der Waals surface area contributed by atoms with Crippen molar-refractivity contribution in [1.29, 1.82) is 0 Å². The van der Waals surface area contributed by atoms with Gasteiger partial charge in [0, 0.05) is 5.56 Å². The third kappa shape index (κ3) is 3.76. The number of rotatable bonds is 3. The number of halogens is 3. The maximum Gasteiger partial charge on any atom is 0.573 e. The molecule has 2 aromatic rings. The van der Waals surface area contributed by atoms with Gasteiger partial charge in [0.1, 0.15) is 5.75 Å². The Morgan fingerprint density at radius 1 is 1.00 bits per heavy atom. The summed E-state index contributed by atoms with van der Waals surface area (Å²) in [6.45, 7) is 3.79. The van der Waals surface area contributed by atoms with Crippen LogP contribution < -0.4 is 10.5 Å². The van der Waals surface area contributed by atoms with Crippen molar-refractivity contribution in [2.75, 3.05) is 0 Å². The number of para-hydroxylation sites is 1. The Balaban J connectivity index is 2.44. The number of nitrogens with two attached hydrogens (primary N) is 1. The second-order valence-corrected chi connectivity index (χ2v) is 4.92. The quantitative estimate of drug-likeness (QED) is 0.918. The summed E-state index contributed by atoms with van der Waals surface area (Å²) >= 11 is 0. The van der Waals surface area contributed by atoms with E-state index in [0.717, 1.165) is 16.7 Å². The van der Waals surface area contributed by atoms with Gasteiger partial charge in [-0.25, -0.2) is 0 Å². The normalized spacial score (nSPS) is 13.0. The molecule has 2 nitrogen and oxygen atoms in total. The van der Waals surface area contributed by atoms with Crippen molar-refractivity contribution in [3.63, 3.8) is 0 Å². The highest BCUT2D eigenvalue weighted by atomic mass is 19.4. The summed E-state index contributed by atoms with van der Waals surface area (Å²) in [5.41, 5.74) is 9.18. The second kappa shape index (κ2) is 5.77. The first-order valence-corrected chi connectivity index (χ1v) is 6.45. The summed E-state index contributed by atoms with van der Waals surface area (Å²) in [5, 5.41) is 0. The molecule has 0 amide bonds. The Labute approximate surface area is 121 Å². The van der Waals surface area contributed by atoms with Crippen LogP contribution in [-0.2, 0) is 0 Å². The van der Waals surface area contributed by atoms with Crippen molar-refractivity contribution in [3.8, 4) is 5.75 Å². The van der Waals surface area contributed by atoms with Gasteiger partial charge in [0.25, 0.3) is 0 Å². The summed E-state index contributed by atoms with van der Waals surface area (Å²) in [7, 11) is 0. The highest BCUT2D eigenvalue weighted by molar-refractivity contribution is 5.44. The van der Waals surface area contributed by atoms with Crippen molar-refractivity contribution in [3.05, 3.63) is 64.7 Å². The van der Waals surface area contributed by atoms with Crippen LogP contribution in [0.5, 0.6) is 5.75 Å². The fraction of sp³-hybridized carbons (Fsp3) is 0.250. The number of alkyl halides is 3. The van der Waals surface area contributed by atoms with E-state index in [4.69, 9.17) is 5.73 Å². The minimum atomic E-state index is -4.74. The SMILES string of the molecule is Cc1ccc(C)c(C(N)c2ccccc2OC(F)(F)F)c1. The summed E-state index contributed by atoms with van der Waals surface area (Å²) in [5.74, 6) is -0.265. The molecule has 1 atom stereocenters. The first-order chi connectivity index (χ1) is 9.78. The van der Waals surface area contributed by atoms with Crippen molar-refractivity contribution in [1.82, 2.24) is 0 Å². The minimum Gasteiger partial charge on any atom is -0.405 e. The molecule has 5 heteroatoms. The van der Waals surface area contributed by atoms with Gasteiger partial charge in [-0.3, -0.25) is 0 Å². The fourth-order valence-corrected chi connectivity index (χ4v) is 2.22. The topological polar surface area (TPSA) is 35.2 Å². The van der Waals surface area contributed by atoms with E-state index >= 15 is 0 Å². The second-order valence-electron chi connectivity index (χ2n) is 4.92. The molecule has 0 fully saturated rings. The molecule has 0 aliphatic heterocycles. The van der Waals surface area contributed by atoms with Gasteiger partial charge in [0.15, 0.2) is 0 Å². The molecule has 0 spiro atoms. The first kappa shape index (κ1) is 15.4. The summed E-state index contributed by atoms with van der Waals surface area (Å²) < 4.78 is 41.5. The lowest BCUT2D eigenvalue weighted by Crippen LogP contribution is -2.21. The standard InChI is InChI=1S/C16H16F3NO/c1-10-7-8-11(2)13(9-10)15(20)12-5-3-4-6-14(12)21-16(17,18)19/h3-9,15H,20H2,1-2H3. The number of benzene rings is 2. The lowest BCUT2D eigenvalue weighted by Gasteiger charge is -2.20. The summed E-state index contributed by atoms with van der Waals surface area (Å²) in [6.07, 6.45) is -4.74. The van der Waals surface area contributed by atoms with E-state index in [1.54, 1.807) is 12.1 Å². The lowest BCUT2D eigenvalue weighted by molar-refractivity contribution is -0.274. The van der Waals surface area contributed by atoms with Gasteiger partial charge in [-0.1, -0.05) is 42.0 Å². The Hall–Kier alpha value is -2.01. The Bertz CT molecular complexity index is 638. The molecule has 2 aromatic carbocycles. The van der Waals surface area contributed by atoms with Crippen LogP contribution in [0.25, 0.3) is 0 Å². The molecule has 0 aromatic heterocycles. The van der Waals surface area contributed by atoms with E-state index in [9.17, 15) is 13.2 Å². The van der Waals surface area contributed by atoms with Gasteiger partial charge in [0.2, 0.25) is 0 Å². The van der Waals surface area contributed by atoms with Gasteiger partial charge >= 0.3 is 6.36 Å². The molecule has 2 N–H and O–H groups in total. The zero-order valence-corrected chi connectivity index (χ0v) is 11.7. The summed E-state index contributed by atoms with van der Waals surface area (Å²) in [6, 6.07) is 11.0. The van der Waals surface area contributed by atoms with E-state index in [0.29, 0.717) is 5.56 Å². The number of hydrogen-bond donors (Lipinski definition) is 1. The van der Waals surface area contributed by atoms with Crippen LogP contribution in [0.15, 0.2) is 42.5 Å². The number of hydrogen-bond acceptors (Lipinski definition) is 2. The molecule has 0 aliphatic carbocycles. The lowest BCUT2D eigenvalue weighted by atomic mass is 9.94. The van der Waals surface area contributed by atoms with Crippen LogP contribution in [-0.4, -0.2) is 6.36 Å². The van der Waals surface area contributed by atoms with Crippen LogP contribution in [0.3, 0.4) is 0 Å². The minimum absolute atomic E-state index is 0.265. The third-order valence-electron chi connectivity index (χ3n) is 3.25. The molecule has 0 bridgehead atoms. The molecule has 112 valence electrons. The monoisotopic (exact) mass is 295 g/mol. The highest BCUT2D eigenvalue weighted by Gasteiger charge is 2.32. The van der Waals surface area contributed by atoms with Gasteiger partial charge in [-0.2, -0.15) is 0 Å². The van der Waals surface area contributed by atoms with Crippen LogP contribution in [0, 0.1) is 13.8 Å². The predicted octanol–water partition coefficient (Wildman–Crippen LogP) is 4.25.